The zero-order valence-corrected chi connectivity index (χ0v) is 13.7. The minimum atomic E-state index is -0.674. The quantitative estimate of drug-likeness (QED) is 0.399. The third-order valence-corrected chi connectivity index (χ3v) is 4.54. The summed E-state index contributed by atoms with van der Waals surface area (Å²) < 4.78 is 1.51. The van der Waals surface area contributed by atoms with Gasteiger partial charge < -0.3 is 0 Å². The van der Waals surface area contributed by atoms with E-state index >= 15 is 0 Å². The summed E-state index contributed by atoms with van der Waals surface area (Å²) in [4.78, 5) is 21.2. The van der Waals surface area contributed by atoms with E-state index in [0.29, 0.717) is 15.8 Å². The second-order valence-corrected chi connectivity index (χ2v) is 6.20. The second-order valence-electron chi connectivity index (χ2n) is 5.24. The highest BCUT2D eigenvalue weighted by Crippen LogP contribution is 2.33. The van der Waals surface area contributed by atoms with Crippen molar-refractivity contribution in [2.75, 3.05) is 0 Å². The SMILES string of the molecule is O=[N+]([O-])c1cc(-c2nn3c(-c4ccccc4)nnc3s2)cc([N+](=O)[O-])c1. The molecule has 0 amide bonds. The number of nitrogens with zero attached hydrogens (tertiary/aromatic N) is 6. The molecule has 0 N–H and O–H groups in total. The Morgan fingerprint density at radius 1 is 0.885 bits per heavy atom. The van der Waals surface area contributed by atoms with E-state index < -0.39 is 9.85 Å². The van der Waals surface area contributed by atoms with Crippen molar-refractivity contribution in [3.05, 3.63) is 68.8 Å². The van der Waals surface area contributed by atoms with Crippen LogP contribution in [0.2, 0.25) is 0 Å². The average molecular weight is 368 g/mol. The standard InChI is InChI=1S/C15H8N6O4S/c22-20(23)11-6-10(7-12(8-11)21(24)25)14-18-19-13(16-17-15(19)26-14)9-4-2-1-3-5-9/h1-8H. The zero-order valence-electron chi connectivity index (χ0n) is 12.8. The largest absolute Gasteiger partial charge is 0.277 e. The number of fused-ring (bicyclic) bond motifs is 1. The number of aromatic nitrogens is 4. The number of nitro benzene ring substituents is 2. The average Bonchev–Trinajstić information content (AvgIpc) is 3.22. The third-order valence-electron chi connectivity index (χ3n) is 3.59. The van der Waals surface area contributed by atoms with Crippen molar-refractivity contribution in [2.24, 2.45) is 0 Å². The van der Waals surface area contributed by atoms with E-state index in [0.717, 1.165) is 23.0 Å². The van der Waals surface area contributed by atoms with Crippen molar-refractivity contribution < 1.29 is 9.85 Å². The molecular formula is C15H8N6O4S. The van der Waals surface area contributed by atoms with E-state index in [1.165, 1.54) is 16.6 Å². The Morgan fingerprint density at radius 3 is 2.15 bits per heavy atom. The fourth-order valence-electron chi connectivity index (χ4n) is 2.43. The van der Waals surface area contributed by atoms with Crippen LogP contribution in [0, 0.1) is 20.2 Å². The van der Waals surface area contributed by atoms with Crippen LogP contribution in [0.5, 0.6) is 0 Å². The molecule has 0 radical (unpaired) electrons. The maximum Gasteiger partial charge on any atom is 0.277 e. The van der Waals surface area contributed by atoms with Crippen molar-refractivity contribution >= 4 is 27.7 Å². The van der Waals surface area contributed by atoms with Crippen LogP contribution in [-0.4, -0.2) is 29.7 Å². The minimum Gasteiger partial charge on any atom is -0.258 e. The van der Waals surface area contributed by atoms with Crippen LogP contribution in [0.25, 0.3) is 26.9 Å². The molecule has 4 aromatic rings. The molecule has 0 atom stereocenters. The van der Waals surface area contributed by atoms with E-state index in [4.69, 9.17) is 0 Å². The van der Waals surface area contributed by atoms with E-state index in [9.17, 15) is 20.2 Å². The van der Waals surface area contributed by atoms with Crippen LogP contribution in [0.1, 0.15) is 0 Å². The highest BCUT2D eigenvalue weighted by molar-refractivity contribution is 7.19. The lowest BCUT2D eigenvalue weighted by Gasteiger charge is -1.98. The van der Waals surface area contributed by atoms with Gasteiger partial charge >= 0.3 is 0 Å². The Morgan fingerprint density at radius 2 is 1.54 bits per heavy atom. The molecular weight excluding hydrogens is 360 g/mol. The molecule has 2 aromatic heterocycles. The number of benzene rings is 2. The van der Waals surface area contributed by atoms with E-state index in [-0.39, 0.29) is 16.9 Å². The molecule has 2 heterocycles. The summed E-state index contributed by atoms with van der Waals surface area (Å²) >= 11 is 1.14. The smallest absolute Gasteiger partial charge is 0.258 e. The molecule has 0 bridgehead atoms. The molecule has 0 saturated heterocycles. The number of non-ortho nitro benzene ring substituents is 2. The fraction of sp³-hybridized carbons (Fsp3) is 0. The predicted octanol–water partition coefficient (Wildman–Crippen LogP) is 3.34. The van der Waals surface area contributed by atoms with Gasteiger partial charge in [0.05, 0.1) is 15.9 Å². The molecule has 2 aromatic carbocycles. The van der Waals surface area contributed by atoms with Crippen LogP contribution in [0.4, 0.5) is 11.4 Å². The van der Waals surface area contributed by atoms with Crippen molar-refractivity contribution in [2.45, 2.75) is 0 Å². The van der Waals surface area contributed by atoms with Crippen LogP contribution in [0.3, 0.4) is 0 Å². The summed E-state index contributed by atoms with van der Waals surface area (Å²) in [6, 6.07) is 12.7. The number of hydrogen-bond acceptors (Lipinski definition) is 8. The summed E-state index contributed by atoms with van der Waals surface area (Å²) in [6.07, 6.45) is 0. The first-order chi connectivity index (χ1) is 12.5. The van der Waals surface area contributed by atoms with Crippen LogP contribution in [0.15, 0.2) is 48.5 Å². The van der Waals surface area contributed by atoms with Gasteiger partial charge in [-0.1, -0.05) is 41.7 Å². The molecule has 0 fully saturated rings. The molecule has 0 aliphatic heterocycles. The number of hydrogen-bond donors (Lipinski definition) is 0. The van der Waals surface area contributed by atoms with Crippen molar-refractivity contribution in [1.82, 2.24) is 19.8 Å². The molecule has 4 rings (SSSR count). The molecule has 26 heavy (non-hydrogen) atoms. The Labute approximate surface area is 148 Å². The number of nitro groups is 2. The summed E-state index contributed by atoms with van der Waals surface area (Å²) in [5.41, 5.74) is 0.342. The fourth-order valence-corrected chi connectivity index (χ4v) is 3.26. The molecule has 0 saturated carbocycles. The second kappa shape index (κ2) is 5.97. The van der Waals surface area contributed by atoms with E-state index in [1.54, 1.807) is 0 Å². The van der Waals surface area contributed by atoms with E-state index in [1.807, 2.05) is 30.3 Å². The Bertz CT molecular complexity index is 1120. The van der Waals surface area contributed by atoms with Gasteiger partial charge in [0, 0.05) is 23.3 Å². The molecule has 10 nitrogen and oxygen atoms in total. The van der Waals surface area contributed by atoms with Crippen LogP contribution in [-0.2, 0) is 0 Å². The first-order valence-electron chi connectivity index (χ1n) is 7.25. The molecule has 0 aliphatic rings. The summed E-state index contributed by atoms with van der Waals surface area (Å²) in [5.74, 6) is 0.517. The lowest BCUT2D eigenvalue weighted by molar-refractivity contribution is -0.394. The first kappa shape index (κ1) is 15.8. The van der Waals surface area contributed by atoms with Gasteiger partial charge in [0.2, 0.25) is 4.96 Å². The molecule has 0 unspecified atom stereocenters. The van der Waals surface area contributed by atoms with Crippen LogP contribution >= 0.6 is 11.3 Å². The Balaban J connectivity index is 1.86. The topological polar surface area (TPSA) is 129 Å². The molecule has 11 heteroatoms. The molecule has 128 valence electrons. The lowest BCUT2D eigenvalue weighted by atomic mass is 10.2. The van der Waals surface area contributed by atoms with Crippen molar-refractivity contribution in [3.8, 4) is 22.0 Å². The normalized spacial score (nSPS) is 10.9. The Hall–Kier alpha value is -3.73. The Kier molecular flexibility index (Phi) is 3.62. The predicted molar refractivity (Wildman–Crippen MR) is 92.8 cm³/mol. The van der Waals surface area contributed by atoms with Crippen molar-refractivity contribution in [3.63, 3.8) is 0 Å². The minimum absolute atomic E-state index is 0.278. The maximum absolute atomic E-state index is 11.1. The summed E-state index contributed by atoms with van der Waals surface area (Å²) in [7, 11) is 0. The third kappa shape index (κ3) is 2.65. The van der Waals surface area contributed by atoms with Gasteiger partial charge in [0.25, 0.3) is 11.4 Å². The van der Waals surface area contributed by atoms with E-state index in [2.05, 4.69) is 15.3 Å². The van der Waals surface area contributed by atoms with Gasteiger partial charge in [0.15, 0.2) is 5.82 Å². The molecule has 0 aliphatic carbocycles. The van der Waals surface area contributed by atoms with Gasteiger partial charge in [-0.15, -0.1) is 10.2 Å². The number of rotatable bonds is 4. The van der Waals surface area contributed by atoms with Gasteiger partial charge in [-0.3, -0.25) is 20.2 Å². The monoisotopic (exact) mass is 368 g/mol. The first-order valence-corrected chi connectivity index (χ1v) is 8.06. The van der Waals surface area contributed by atoms with Crippen LogP contribution < -0.4 is 0 Å². The van der Waals surface area contributed by atoms with Gasteiger partial charge in [-0.05, 0) is 0 Å². The highest BCUT2D eigenvalue weighted by Gasteiger charge is 2.20. The highest BCUT2D eigenvalue weighted by atomic mass is 32.1. The summed E-state index contributed by atoms with van der Waals surface area (Å²) in [6.45, 7) is 0. The molecule has 0 spiro atoms. The van der Waals surface area contributed by atoms with Gasteiger partial charge in [-0.25, -0.2) is 0 Å². The van der Waals surface area contributed by atoms with Gasteiger partial charge in [-0.2, -0.15) is 9.61 Å². The van der Waals surface area contributed by atoms with Crippen molar-refractivity contribution in [1.29, 1.82) is 0 Å². The maximum atomic E-state index is 11.1. The van der Waals surface area contributed by atoms with Gasteiger partial charge in [0.1, 0.15) is 5.01 Å². The lowest BCUT2D eigenvalue weighted by Crippen LogP contribution is -1.94. The summed E-state index contributed by atoms with van der Waals surface area (Å²) in [5, 5.41) is 35.0. The zero-order chi connectivity index (χ0) is 18.3.